The molecule has 2 rings (SSSR count). The molecule has 1 N–H and O–H groups in total. The molecule has 0 radical (unpaired) electrons. The fraction of sp³-hybridized carbons (Fsp3) is 0.571. The van der Waals surface area contributed by atoms with Gasteiger partial charge in [-0.1, -0.05) is 38.5 Å². The Kier molecular flexibility index (Phi) is 4.81. The Hall–Kier alpha value is -1.02. The molecule has 2 heteroatoms. The van der Waals surface area contributed by atoms with E-state index in [4.69, 9.17) is 9.84 Å². The van der Waals surface area contributed by atoms with Gasteiger partial charge >= 0.3 is 0 Å². The summed E-state index contributed by atoms with van der Waals surface area (Å²) in [6.45, 7) is 8.38. The van der Waals surface area contributed by atoms with Gasteiger partial charge in [-0.15, -0.1) is 0 Å². The highest BCUT2D eigenvalue weighted by atomic mass is 16.5. The average Bonchev–Trinajstić information content (AvgIpc) is 2.32. The van der Waals surface area contributed by atoms with Crippen LogP contribution in [-0.2, 0) is 0 Å². The minimum Gasteiger partial charge on any atom is -0.488 e. The maximum Gasteiger partial charge on any atom is 0.123 e. The monoisotopic (exact) mass is 222 g/mol. The Morgan fingerprint density at radius 1 is 1.38 bits per heavy atom. The first kappa shape index (κ1) is 13.0. The Balaban J connectivity index is 0.000000606. The third-order valence-corrected chi connectivity index (χ3v) is 2.81. The van der Waals surface area contributed by atoms with Crippen molar-refractivity contribution in [1.82, 2.24) is 0 Å². The molecule has 90 valence electrons. The number of fused-ring (bicyclic) bond motifs is 1. The van der Waals surface area contributed by atoms with Gasteiger partial charge in [0.15, 0.2) is 0 Å². The highest BCUT2D eigenvalue weighted by Gasteiger charge is 2.24. The lowest BCUT2D eigenvalue weighted by Gasteiger charge is -2.29. The Bertz CT molecular complexity index is 334. The van der Waals surface area contributed by atoms with Gasteiger partial charge in [-0.2, -0.15) is 0 Å². The zero-order valence-corrected chi connectivity index (χ0v) is 10.7. The normalized spacial score (nSPS) is 22.6. The molecule has 0 bridgehead atoms. The molecule has 1 aliphatic rings. The number of hydrogen-bond donors (Lipinski definition) is 1. The first-order chi connectivity index (χ1) is 7.70. The molecule has 0 aromatic heterocycles. The van der Waals surface area contributed by atoms with Crippen LogP contribution >= 0.6 is 0 Å². The van der Waals surface area contributed by atoms with Crippen LogP contribution in [0.25, 0.3) is 0 Å². The van der Waals surface area contributed by atoms with Gasteiger partial charge in [0, 0.05) is 0 Å². The standard InChI is InChI=1S/C12H16O2.C2H6/c1-8-3-4-12-11(5-8)9(2)6-10(7-13)14-12;1-2/h3-5,9-10,13H,6-7H2,1-2H3;1-2H3. The lowest BCUT2D eigenvalue weighted by molar-refractivity contribution is 0.0902. The van der Waals surface area contributed by atoms with Crippen molar-refractivity contribution in [2.24, 2.45) is 0 Å². The molecule has 2 nitrogen and oxygen atoms in total. The second-order valence-electron chi connectivity index (χ2n) is 4.10. The summed E-state index contributed by atoms with van der Waals surface area (Å²) < 4.78 is 5.66. The third-order valence-electron chi connectivity index (χ3n) is 2.81. The molecule has 2 atom stereocenters. The van der Waals surface area contributed by atoms with Gasteiger partial charge in [-0.3, -0.25) is 0 Å². The van der Waals surface area contributed by atoms with Crippen molar-refractivity contribution in [3.8, 4) is 5.75 Å². The van der Waals surface area contributed by atoms with Crippen LogP contribution in [0, 0.1) is 6.92 Å². The van der Waals surface area contributed by atoms with Gasteiger partial charge < -0.3 is 9.84 Å². The molecule has 0 amide bonds. The number of aliphatic hydroxyl groups is 1. The van der Waals surface area contributed by atoms with Crippen molar-refractivity contribution in [3.05, 3.63) is 29.3 Å². The average molecular weight is 222 g/mol. The minimum absolute atomic E-state index is 0.0276. The van der Waals surface area contributed by atoms with E-state index in [2.05, 4.69) is 19.9 Å². The van der Waals surface area contributed by atoms with Gasteiger partial charge in [0.1, 0.15) is 11.9 Å². The van der Waals surface area contributed by atoms with Crippen molar-refractivity contribution in [2.75, 3.05) is 6.61 Å². The predicted octanol–water partition coefficient (Wildman–Crippen LogP) is 3.27. The molecule has 1 heterocycles. The van der Waals surface area contributed by atoms with Crippen LogP contribution in [0.3, 0.4) is 0 Å². The smallest absolute Gasteiger partial charge is 0.123 e. The maximum atomic E-state index is 9.06. The summed E-state index contributed by atoms with van der Waals surface area (Å²) in [6.07, 6.45) is 0.882. The van der Waals surface area contributed by atoms with Gasteiger partial charge in [-0.05, 0) is 30.9 Å². The van der Waals surface area contributed by atoms with E-state index < -0.39 is 0 Å². The molecule has 1 aromatic rings. The topological polar surface area (TPSA) is 29.5 Å². The summed E-state index contributed by atoms with van der Waals surface area (Å²) in [7, 11) is 0. The van der Waals surface area contributed by atoms with Crippen LogP contribution in [0.5, 0.6) is 5.75 Å². The summed E-state index contributed by atoms with van der Waals surface area (Å²) >= 11 is 0. The number of benzene rings is 1. The van der Waals surface area contributed by atoms with Crippen LogP contribution in [0.15, 0.2) is 18.2 Å². The molecule has 0 saturated heterocycles. The number of aliphatic hydroxyl groups excluding tert-OH is 1. The van der Waals surface area contributed by atoms with Crippen molar-refractivity contribution in [1.29, 1.82) is 0 Å². The highest BCUT2D eigenvalue weighted by Crippen LogP contribution is 2.36. The molecule has 0 aliphatic carbocycles. The Labute approximate surface area is 98.3 Å². The number of aryl methyl sites for hydroxylation is 1. The second-order valence-corrected chi connectivity index (χ2v) is 4.10. The zero-order valence-electron chi connectivity index (χ0n) is 10.7. The Morgan fingerprint density at radius 3 is 2.69 bits per heavy atom. The van der Waals surface area contributed by atoms with Crippen LogP contribution in [0.4, 0.5) is 0 Å². The third kappa shape index (κ3) is 2.76. The lowest BCUT2D eigenvalue weighted by Crippen LogP contribution is -2.27. The van der Waals surface area contributed by atoms with Gasteiger partial charge in [-0.25, -0.2) is 0 Å². The van der Waals surface area contributed by atoms with E-state index in [-0.39, 0.29) is 12.7 Å². The summed E-state index contributed by atoms with van der Waals surface area (Å²) in [5.74, 6) is 1.42. The van der Waals surface area contributed by atoms with E-state index in [1.54, 1.807) is 0 Å². The van der Waals surface area contributed by atoms with Crippen molar-refractivity contribution >= 4 is 0 Å². The minimum atomic E-state index is -0.0276. The SMILES string of the molecule is CC.Cc1ccc2c(c1)C(C)CC(CO)O2. The number of hydrogen-bond acceptors (Lipinski definition) is 2. The fourth-order valence-corrected chi connectivity index (χ4v) is 2.02. The molecule has 16 heavy (non-hydrogen) atoms. The summed E-state index contributed by atoms with van der Waals surface area (Å²) in [4.78, 5) is 0. The Morgan fingerprint density at radius 2 is 2.06 bits per heavy atom. The molecule has 2 unspecified atom stereocenters. The molecule has 0 spiro atoms. The number of rotatable bonds is 1. The quantitative estimate of drug-likeness (QED) is 0.790. The largest absolute Gasteiger partial charge is 0.488 e. The maximum absolute atomic E-state index is 9.06. The van der Waals surface area contributed by atoms with Gasteiger partial charge in [0.05, 0.1) is 6.61 Å². The van der Waals surface area contributed by atoms with E-state index in [1.165, 1.54) is 11.1 Å². The molecule has 1 aliphatic heterocycles. The van der Waals surface area contributed by atoms with Crippen LogP contribution in [0.1, 0.15) is 44.2 Å². The van der Waals surface area contributed by atoms with Gasteiger partial charge in [0.2, 0.25) is 0 Å². The zero-order chi connectivity index (χ0) is 12.1. The van der Waals surface area contributed by atoms with Crippen LogP contribution in [-0.4, -0.2) is 17.8 Å². The molecule has 1 aromatic carbocycles. The first-order valence-electron chi connectivity index (χ1n) is 6.08. The van der Waals surface area contributed by atoms with Crippen molar-refractivity contribution in [2.45, 2.75) is 46.1 Å². The van der Waals surface area contributed by atoms with Crippen molar-refractivity contribution in [3.63, 3.8) is 0 Å². The lowest BCUT2D eigenvalue weighted by atomic mass is 9.91. The molecule has 0 fully saturated rings. The number of ether oxygens (including phenoxy) is 1. The molecule has 0 saturated carbocycles. The van der Waals surface area contributed by atoms with E-state index in [0.717, 1.165) is 12.2 Å². The predicted molar refractivity (Wildman–Crippen MR) is 67.1 cm³/mol. The molecular weight excluding hydrogens is 200 g/mol. The summed E-state index contributed by atoms with van der Waals surface area (Å²) in [5, 5.41) is 9.06. The summed E-state index contributed by atoms with van der Waals surface area (Å²) in [6, 6.07) is 6.22. The first-order valence-corrected chi connectivity index (χ1v) is 6.08. The summed E-state index contributed by atoms with van der Waals surface area (Å²) in [5.41, 5.74) is 2.54. The highest BCUT2D eigenvalue weighted by molar-refractivity contribution is 5.40. The van der Waals surface area contributed by atoms with Crippen molar-refractivity contribution < 1.29 is 9.84 Å². The van der Waals surface area contributed by atoms with E-state index in [9.17, 15) is 0 Å². The fourth-order valence-electron chi connectivity index (χ4n) is 2.02. The van der Waals surface area contributed by atoms with E-state index >= 15 is 0 Å². The molecular formula is C14H22O2. The van der Waals surface area contributed by atoms with Crippen LogP contribution in [0.2, 0.25) is 0 Å². The van der Waals surface area contributed by atoms with Crippen LogP contribution < -0.4 is 4.74 Å². The van der Waals surface area contributed by atoms with E-state index in [1.807, 2.05) is 26.0 Å². The van der Waals surface area contributed by atoms with E-state index in [0.29, 0.717) is 5.92 Å². The van der Waals surface area contributed by atoms with Gasteiger partial charge in [0.25, 0.3) is 0 Å². The second kappa shape index (κ2) is 5.90.